The van der Waals surface area contributed by atoms with Gasteiger partial charge in [0, 0.05) is 15.3 Å². The number of benzene rings is 1. The third kappa shape index (κ3) is 5.92. The number of guanidine groups is 1. The molecule has 1 unspecified atom stereocenters. The summed E-state index contributed by atoms with van der Waals surface area (Å²) >= 11 is 2.19. The number of aliphatic imine (C=N–C) groups is 1. The monoisotopic (exact) mass is 476 g/mol. The van der Waals surface area contributed by atoms with E-state index in [9.17, 15) is 4.79 Å². The SMILES string of the molecule is CC(C)C(C)(/N=C(/NC#N)Nc1cccnc1)NC(=O)c1ccc(I)cc1. The summed E-state index contributed by atoms with van der Waals surface area (Å²) in [6, 6.07) is 10.9. The van der Waals surface area contributed by atoms with Crippen LogP contribution in [-0.2, 0) is 0 Å². The summed E-state index contributed by atoms with van der Waals surface area (Å²) in [7, 11) is 0. The maximum Gasteiger partial charge on any atom is 0.253 e. The first-order valence-electron chi connectivity index (χ1n) is 8.34. The van der Waals surface area contributed by atoms with Gasteiger partial charge < -0.3 is 10.6 Å². The first kappa shape index (κ1) is 20.6. The molecule has 7 nitrogen and oxygen atoms in total. The summed E-state index contributed by atoms with van der Waals surface area (Å²) in [6.07, 6.45) is 5.13. The molecule has 1 amide bonds. The molecule has 0 aliphatic rings. The number of rotatable bonds is 5. The van der Waals surface area contributed by atoms with Crippen molar-refractivity contribution in [2.75, 3.05) is 5.32 Å². The van der Waals surface area contributed by atoms with E-state index < -0.39 is 5.66 Å². The number of carbonyl (C=O) groups excluding carboxylic acids is 1. The van der Waals surface area contributed by atoms with Gasteiger partial charge in [-0.15, -0.1) is 0 Å². The van der Waals surface area contributed by atoms with Crippen LogP contribution < -0.4 is 16.0 Å². The topological polar surface area (TPSA) is 102 Å². The zero-order valence-corrected chi connectivity index (χ0v) is 17.5. The second-order valence-corrected chi connectivity index (χ2v) is 7.57. The van der Waals surface area contributed by atoms with Gasteiger partial charge in [-0.05, 0) is 71.8 Å². The Balaban J connectivity index is 2.28. The molecule has 0 saturated carbocycles. The van der Waals surface area contributed by atoms with Gasteiger partial charge in [0.1, 0.15) is 5.66 Å². The minimum atomic E-state index is -0.936. The molecular weight excluding hydrogens is 455 g/mol. The van der Waals surface area contributed by atoms with Crippen LogP contribution >= 0.6 is 22.6 Å². The highest BCUT2D eigenvalue weighted by Gasteiger charge is 2.31. The van der Waals surface area contributed by atoms with E-state index >= 15 is 0 Å². The minimum Gasteiger partial charge on any atom is -0.328 e. The van der Waals surface area contributed by atoms with Crippen molar-refractivity contribution in [3.05, 3.63) is 57.9 Å². The number of anilines is 1. The van der Waals surface area contributed by atoms with Crippen molar-refractivity contribution in [1.29, 1.82) is 5.26 Å². The number of aromatic nitrogens is 1. The molecule has 1 heterocycles. The first-order chi connectivity index (χ1) is 12.8. The number of carbonyl (C=O) groups is 1. The van der Waals surface area contributed by atoms with Crippen molar-refractivity contribution in [1.82, 2.24) is 15.6 Å². The van der Waals surface area contributed by atoms with Crippen LogP contribution in [0.3, 0.4) is 0 Å². The fourth-order valence-electron chi connectivity index (χ4n) is 2.15. The Morgan fingerprint density at radius 1 is 1.30 bits per heavy atom. The number of nitrogens with zero attached hydrogens (tertiary/aromatic N) is 3. The summed E-state index contributed by atoms with van der Waals surface area (Å²) < 4.78 is 1.05. The van der Waals surface area contributed by atoms with Crippen LogP contribution in [0.4, 0.5) is 5.69 Å². The fraction of sp³-hybridized carbons (Fsp3) is 0.263. The van der Waals surface area contributed by atoms with Gasteiger partial charge >= 0.3 is 0 Å². The van der Waals surface area contributed by atoms with E-state index in [0.29, 0.717) is 11.3 Å². The lowest BCUT2D eigenvalue weighted by molar-refractivity contribution is 0.0884. The Hall–Kier alpha value is -2.67. The number of hydrogen-bond acceptors (Lipinski definition) is 4. The second-order valence-electron chi connectivity index (χ2n) is 6.33. The highest BCUT2D eigenvalue weighted by Crippen LogP contribution is 2.20. The average molecular weight is 476 g/mol. The van der Waals surface area contributed by atoms with Gasteiger partial charge in [-0.3, -0.25) is 15.1 Å². The summed E-state index contributed by atoms with van der Waals surface area (Å²) in [6.45, 7) is 5.71. The van der Waals surface area contributed by atoms with Crippen molar-refractivity contribution >= 4 is 40.1 Å². The van der Waals surface area contributed by atoms with Crippen LogP contribution in [-0.4, -0.2) is 22.5 Å². The maximum absolute atomic E-state index is 12.7. The predicted octanol–water partition coefficient (Wildman–Crippen LogP) is 3.33. The molecule has 0 fully saturated rings. The number of amides is 1. The molecule has 2 aromatic rings. The van der Waals surface area contributed by atoms with E-state index in [0.717, 1.165) is 3.57 Å². The number of halogens is 1. The second kappa shape index (κ2) is 9.32. The molecular formula is C19H21IN6O. The predicted molar refractivity (Wildman–Crippen MR) is 114 cm³/mol. The standard InChI is InChI=1S/C19H21IN6O/c1-13(2)19(3,25-17(27)14-6-8-15(20)9-7-14)26-18(23-12-21)24-16-5-4-10-22-11-16/h4-11,13H,1-3H3,(H,25,27)(H2,23,24,26). The van der Waals surface area contributed by atoms with Gasteiger partial charge in [-0.25, -0.2) is 4.99 Å². The zero-order chi connectivity index (χ0) is 19.9. The molecule has 0 radical (unpaired) electrons. The van der Waals surface area contributed by atoms with E-state index in [1.807, 2.05) is 39.1 Å². The number of nitrogens with one attached hydrogen (secondary N) is 3. The lowest BCUT2D eigenvalue weighted by atomic mass is 9.98. The molecule has 3 N–H and O–H groups in total. The van der Waals surface area contributed by atoms with Crippen LogP contribution in [0.2, 0.25) is 0 Å². The van der Waals surface area contributed by atoms with Crippen molar-refractivity contribution in [2.24, 2.45) is 10.9 Å². The molecule has 0 aliphatic carbocycles. The van der Waals surface area contributed by atoms with Gasteiger partial charge in [0.15, 0.2) is 6.19 Å². The van der Waals surface area contributed by atoms with Gasteiger partial charge in [-0.2, -0.15) is 5.26 Å². The van der Waals surface area contributed by atoms with Gasteiger partial charge in [0.25, 0.3) is 5.91 Å². The quantitative estimate of drug-likeness (QED) is 0.202. The zero-order valence-electron chi connectivity index (χ0n) is 15.3. The molecule has 0 aliphatic heterocycles. The van der Waals surface area contributed by atoms with Gasteiger partial charge in [0.2, 0.25) is 5.96 Å². The van der Waals surface area contributed by atoms with Crippen LogP contribution in [0, 0.1) is 20.9 Å². The molecule has 0 bridgehead atoms. The van der Waals surface area contributed by atoms with E-state index in [-0.39, 0.29) is 17.8 Å². The fourth-order valence-corrected chi connectivity index (χ4v) is 2.51. The van der Waals surface area contributed by atoms with Gasteiger partial charge in [0.05, 0.1) is 11.9 Å². The lowest BCUT2D eigenvalue weighted by Crippen LogP contribution is -2.50. The Morgan fingerprint density at radius 2 is 2.00 bits per heavy atom. The van der Waals surface area contributed by atoms with Crippen molar-refractivity contribution in [2.45, 2.75) is 26.4 Å². The Labute approximate surface area is 172 Å². The molecule has 1 aromatic carbocycles. The van der Waals surface area contributed by atoms with E-state index in [1.54, 1.807) is 36.7 Å². The Morgan fingerprint density at radius 3 is 2.56 bits per heavy atom. The smallest absolute Gasteiger partial charge is 0.253 e. The third-order valence-electron chi connectivity index (χ3n) is 4.04. The summed E-state index contributed by atoms with van der Waals surface area (Å²) in [5.74, 6) is -0.0369. The summed E-state index contributed by atoms with van der Waals surface area (Å²) in [5.41, 5.74) is 0.288. The van der Waals surface area contributed by atoms with E-state index in [4.69, 9.17) is 5.26 Å². The molecule has 1 atom stereocenters. The normalized spacial score (nSPS) is 13.4. The number of nitriles is 1. The summed E-state index contributed by atoms with van der Waals surface area (Å²) in [4.78, 5) is 21.3. The highest BCUT2D eigenvalue weighted by atomic mass is 127. The van der Waals surface area contributed by atoms with Gasteiger partial charge in [-0.1, -0.05) is 13.8 Å². The maximum atomic E-state index is 12.7. The molecule has 8 heteroatoms. The molecule has 27 heavy (non-hydrogen) atoms. The lowest BCUT2D eigenvalue weighted by Gasteiger charge is -2.31. The highest BCUT2D eigenvalue weighted by molar-refractivity contribution is 14.1. The summed E-state index contributed by atoms with van der Waals surface area (Å²) in [5, 5.41) is 17.6. The number of pyridine rings is 1. The molecule has 2 rings (SSSR count). The minimum absolute atomic E-state index is 0.0310. The van der Waals surface area contributed by atoms with Crippen LogP contribution in [0.5, 0.6) is 0 Å². The third-order valence-corrected chi connectivity index (χ3v) is 4.76. The van der Waals surface area contributed by atoms with Crippen molar-refractivity contribution in [3.63, 3.8) is 0 Å². The average Bonchev–Trinajstić information content (AvgIpc) is 2.63. The van der Waals surface area contributed by atoms with Crippen LogP contribution in [0.25, 0.3) is 0 Å². The number of hydrogen-bond donors (Lipinski definition) is 3. The molecule has 0 saturated heterocycles. The first-order valence-corrected chi connectivity index (χ1v) is 9.42. The van der Waals surface area contributed by atoms with Crippen molar-refractivity contribution in [3.8, 4) is 6.19 Å². The van der Waals surface area contributed by atoms with E-state index in [1.165, 1.54) is 0 Å². The molecule has 1 aromatic heterocycles. The van der Waals surface area contributed by atoms with Crippen LogP contribution in [0.15, 0.2) is 53.8 Å². The van der Waals surface area contributed by atoms with Crippen LogP contribution in [0.1, 0.15) is 31.1 Å². The largest absolute Gasteiger partial charge is 0.328 e. The Kier molecular flexibility index (Phi) is 7.12. The van der Waals surface area contributed by atoms with Crippen molar-refractivity contribution < 1.29 is 4.79 Å². The van der Waals surface area contributed by atoms with E-state index in [2.05, 4.69) is 48.5 Å². The Bertz CT molecular complexity index is 845. The molecule has 0 spiro atoms. The molecule has 140 valence electrons.